The molecule has 0 spiro atoms. The molecule has 1 aromatic carbocycles. The maximum atomic E-state index is 11.1. The van der Waals surface area contributed by atoms with Gasteiger partial charge in [0.2, 0.25) is 5.91 Å². The molecule has 2 saturated heterocycles. The lowest BCUT2D eigenvalue weighted by atomic mass is 9.96. The summed E-state index contributed by atoms with van der Waals surface area (Å²) >= 11 is 6.03. The maximum Gasteiger partial charge on any atom is 0.221 e. The number of aromatic nitrogens is 2. The summed E-state index contributed by atoms with van der Waals surface area (Å²) in [6, 6.07) is 9.88. The highest BCUT2D eigenvalue weighted by Gasteiger charge is 2.41. The van der Waals surface area contributed by atoms with Crippen molar-refractivity contribution in [3.8, 4) is 0 Å². The van der Waals surface area contributed by atoms with Crippen molar-refractivity contribution in [1.29, 1.82) is 0 Å². The number of benzene rings is 1. The Hall–Kier alpha value is -1.85. The lowest BCUT2D eigenvalue weighted by Gasteiger charge is -2.39. The number of nitrogens with one attached hydrogen (secondary N) is 1. The van der Waals surface area contributed by atoms with Crippen molar-refractivity contribution in [2.45, 2.75) is 57.3 Å². The molecule has 6 heteroatoms. The molecule has 2 atom stereocenters. The second-order valence-electron chi connectivity index (χ2n) is 7.20. The summed E-state index contributed by atoms with van der Waals surface area (Å²) in [5, 5.41) is 7.95. The Bertz CT molecular complexity index is 743. The minimum absolute atomic E-state index is 0.0356. The minimum Gasteiger partial charge on any atom is -0.326 e. The van der Waals surface area contributed by atoms with E-state index in [0.717, 1.165) is 25.1 Å². The van der Waals surface area contributed by atoms with Gasteiger partial charge in [0.05, 0.1) is 17.3 Å². The average Bonchev–Trinajstić information content (AvgIpc) is 3.09. The van der Waals surface area contributed by atoms with Gasteiger partial charge in [-0.25, -0.2) is 0 Å². The Labute approximate surface area is 153 Å². The van der Waals surface area contributed by atoms with E-state index in [2.05, 4.69) is 27.4 Å². The number of hydrogen-bond acceptors (Lipinski definition) is 3. The van der Waals surface area contributed by atoms with Gasteiger partial charge in [-0.15, -0.1) is 0 Å². The molecule has 132 valence electrons. The van der Waals surface area contributed by atoms with E-state index >= 15 is 0 Å². The number of halogens is 1. The summed E-state index contributed by atoms with van der Waals surface area (Å²) in [6.07, 6.45) is 8.48. The van der Waals surface area contributed by atoms with E-state index < -0.39 is 0 Å². The molecule has 0 aliphatic carbocycles. The van der Waals surface area contributed by atoms with Crippen LogP contribution in [0.4, 0.5) is 5.69 Å². The highest BCUT2D eigenvalue weighted by atomic mass is 35.5. The number of hydrogen-bond donors (Lipinski definition) is 1. The number of carbonyl (C=O) groups is 1. The smallest absolute Gasteiger partial charge is 0.221 e. The van der Waals surface area contributed by atoms with Gasteiger partial charge in [0.15, 0.2) is 0 Å². The van der Waals surface area contributed by atoms with Crippen LogP contribution in [0.5, 0.6) is 0 Å². The molecule has 1 aromatic heterocycles. The van der Waals surface area contributed by atoms with E-state index in [1.165, 1.54) is 25.3 Å². The largest absolute Gasteiger partial charge is 0.326 e. The second-order valence-corrected chi connectivity index (χ2v) is 7.64. The van der Waals surface area contributed by atoms with Gasteiger partial charge in [-0.3, -0.25) is 14.4 Å². The summed E-state index contributed by atoms with van der Waals surface area (Å²) in [7, 11) is 0. The first-order chi connectivity index (χ1) is 12.1. The van der Waals surface area contributed by atoms with Gasteiger partial charge < -0.3 is 5.32 Å². The molecule has 2 aliphatic heterocycles. The molecule has 1 amide bonds. The molecule has 1 N–H and O–H groups in total. The van der Waals surface area contributed by atoms with Crippen molar-refractivity contribution >= 4 is 23.2 Å². The lowest BCUT2D eigenvalue weighted by Crippen LogP contribution is -2.42. The highest BCUT2D eigenvalue weighted by Crippen LogP contribution is 2.41. The third-order valence-corrected chi connectivity index (χ3v) is 5.64. The van der Waals surface area contributed by atoms with Crippen LogP contribution in [0.25, 0.3) is 0 Å². The Morgan fingerprint density at radius 2 is 1.88 bits per heavy atom. The van der Waals surface area contributed by atoms with Crippen LogP contribution >= 0.6 is 11.6 Å². The van der Waals surface area contributed by atoms with E-state index in [1.54, 1.807) is 6.20 Å². The van der Waals surface area contributed by atoms with Crippen LogP contribution in [0.2, 0.25) is 5.02 Å². The van der Waals surface area contributed by atoms with Gasteiger partial charge in [0.25, 0.3) is 0 Å². The second kappa shape index (κ2) is 6.81. The van der Waals surface area contributed by atoms with Crippen LogP contribution < -0.4 is 5.32 Å². The van der Waals surface area contributed by atoms with Gasteiger partial charge in [0, 0.05) is 37.4 Å². The SMILES string of the molecule is CC(=O)Nc1ccc(CN2C3CCC2CC(n2cc(Cl)cn2)C3)cc1. The van der Waals surface area contributed by atoms with E-state index in [4.69, 9.17) is 11.6 Å². The standard InChI is InChI=1S/C19H23ClN4O/c1-13(25)22-16-4-2-14(3-5-16)11-23-17-6-7-18(23)9-19(8-17)24-12-15(20)10-21-24/h2-5,10,12,17-19H,6-9,11H2,1H3,(H,22,25). The molecule has 2 unspecified atom stereocenters. The fraction of sp³-hybridized carbons (Fsp3) is 0.474. The van der Waals surface area contributed by atoms with Crippen LogP contribution in [-0.2, 0) is 11.3 Å². The normalized spacial score (nSPS) is 25.9. The summed E-state index contributed by atoms with van der Waals surface area (Å²) < 4.78 is 2.05. The summed E-state index contributed by atoms with van der Waals surface area (Å²) in [5.74, 6) is -0.0356. The van der Waals surface area contributed by atoms with E-state index in [0.29, 0.717) is 23.1 Å². The number of carbonyl (C=O) groups excluding carboxylic acids is 1. The van der Waals surface area contributed by atoms with Crippen molar-refractivity contribution in [2.75, 3.05) is 5.32 Å². The van der Waals surface area contributed by atoms with Crippen molar-refractivity contribution in [2.24, 2.45) is 0 Å². The summed E-state index contributed by atoms with van der Waals surface area (Å²) in [5.41, 5.74) is 2.15. The monoisotopic (exact) mass is 358 g/mol. The first-order valence-corrected chi connectivity index (χ1v) is 9.28. The van der Waals surface area contributed by atoms with Gasteiger partial charge in [-0.2, -0.15) is 5.10 Å². The zero-order valence-corrected chi connectivity index (χ0v) is 15.1. The van der Waals surface area contributed by atoms with Crippen LogP contribution in [0.1, 0.15) is 44.2 Å². The molecular weight excluding hydrogens is 336 g/mol. The average molecular weight is 359 g/mol. The lowest BCUT2D eigenvalue weighted by molar-refractivity contribution is -0.114. The fourth-order valence-corrected chi connectivity index (χ4v) is 4.49. The Morgan fingerprint density at radius 1 is 1.20 bits per heavy atom. The highest BCUT2D eigenvalue weighted by molar-refractivity contribution is 6.30. The zero-order valence-electron chi connectivity index (χ0n) is 14.4. The zero-order chi connectivity index (χ0) is 17.4. The van der Waals surface area contributed by atoms with Crippen molar-refractivity contribution in [1.82, 2.24) is 14.7 Å². The molecular formula is C19H23ClN4O. The molecule has 0 radical (unpaired) electrons. The first-order valence-electron chi connectivity index (χ1n) is 8.90. The summed E-state index contributed by atoms with van der Waals surface area (Å²) in [6.45, 7) is 2.50. The molecule has 2 fully saturated rings. The van der Waals surface area contributed by atoms with Gasteiger partial charge in [-0.05, 0) is 43.4 Å². The van der Waals surface area contributed by atoms with Crippen molar-refractivity contribution in [3.05, 3.63) is 47.2 Å². The molecule has 2 bridgehead atoms. The fourth-order valence-electron chi connectivity index (χ4n) is 4.34. The molecule has 2 aromatic rings. The van der Waals surface area contributed by atoms with Crippen LogP contribution in [0.3, 0.4) is 0 Å². The number of amides is 1. The number of nitrogens with zero attached hydrogens (tertiary/aromatic N) is 3. The predicted octanol–water partition coefficient (Wildman–Crippen LogP) is 3.86. The van der Waals surface area contributed by atoms with E-state index in [-0.39, 0.29) is 5.91 Å². The first kappa shape index (κ1) is 16.6. The third kappa shape index (κ3) is 3.58. The van der Waals surface area contributed by atoms with E-state index in [1.807, 2.05) is 23.0 Å². The molecule has 0 saturated carbocycles. The molecule has 4 rings (SSSR count). The van der Waals surface area contributed by atoms with Crippen LogP contribution in [0, 0.1) is 0 Å². The van der Waals surface area contributed by atoms with Gasteiger partial charge >= 0.3 is 0 Å². The number of piperidine rings is 1. The van der Waals surface area contributed by atoms with Gasteiger partial charge in [0.1, 0.15) is 0 Å². The third-order valence-electron chi connectivity index (χ3n) is 5.44. The molecule has 5 nitrogen and oxygen atoms in total. The molecule has 25 heavy (non-hydrogen) atoms. The minimum atomic E-state index is -0.0356. The van der Waals surface area contributed by atoms with Crippen LogP contribution in [-0.4, -0.2) is 32.7 Å². The molecule has 2 aliphatic rings. The quantitative estimate of drug-likeness (QED) is 0.902. The van der Waals surface area contributed by atoms with E-state index in [9.17, 15) is 4.79 Å². The molecule has 3 heterocycles. The topological polar surface area (TPSA) is 50.2 Å². The number of anilines is 1. The number of fused-ring (bicyclic) bond motifs is 2. The van der Waals surface area contributed by atoms with Gasteiger partial charge in [-0.1, -0.05) is 23.7 Å². The van der Waals surface area contributed by atoms with Crippen molar-refractivity contribution < 1.29 is 4.79 Å². The Morgan fingerprint density at radius 3 is 2.44 bits per heavy atom. The Balaban J connectivity index is 1.42. The summed E-state index contributed by atoms with van der Waals surface area (Å²) in [4.78, 5) is 13.8. The van der Waals surface area contributed by atoms with Crippen LogP contribution in [0.15, 0.2) is 36.7 Å². The predicted molar refractivity (Wildman–Crippen MR) is 98.6 cm³/mol. The Kier molecular flexibility index (Phi) is 4.52. The number of rotatable bonds is 4. The van der Waals surface area contributed by atoms with Crippen molar-refractivity contribution in [3.63, 3.8) is 0 Å². The maximum absolute atomic E-state index is 11.1.